The first-order valence-corrected chi connectivity index (χ1v) is 10.4. The van der Waals surface area contributed by atoms with E-state index in [9.17, 15) is 4.79 Å². The Morgan fingerprint density at radius 2 is 1.75 bits per heavy atom. The van der Waals surface area contributed by atoms with Gasteiger partial charge in [0.05, 0.1) is 13.3 Å². The molecule has 0 aliphatic rings. The lowest BCUT2D eigenvalue weighted by molar-refractivity contribution is 0.0955. The van der Waals surface area contributed by atoms with Crippen LogP contribution in [0.25, 0.3) is 10.8 Å². The van der Waals surface area contributed by atoms with Gasteiger partial charge in [-0.15, -0.1) is 0 Å². The molecule has 0 saturated carbocycles. The van der Waals surface area contributed by atoms with E-state index in [0.29, 0.717) is 28.7 Å². The van der Waals surface area contributed by atoms with Crippen LogP contribution < -0.4 is 14.9 Å². The van der Waals surface area contributed by atoms with Crippen LogP contribution in [0.2, 0.25) is 5.02 Å². The number of halogens is 1. The van der Waals surface area contributed by atoms with Gasteiger partial charge in [-0.2, -0.15) is 5.10 Å². The first-order chi connectivity index (χ1) is 15.6. The van der Waals surface area contributed by atoms with Crippen molar-refractivity contribution in [1.82, 2.24) is 5.43 Å². The number of nitrogens with zero attached hydrogens (tertiary/aromatic N) is 1. The lowest BCUT2D eigenvalue weighted by atomic mass is 10.1. The summed E-state index contributed by atoms with van der Waals surface area (Å²) in [5.74, 6) is 0.889. The second kappa shape index (κ2) is 9.98. The molecule has 0 saturated heterocycles. The van der Waals surface area contributed by atoms with Crippen molar-refractivity contribution in [2.24, 2.45) is 5.10 Å². The number of hydrogen-bond donors (Lipinski definition) is 1. The minimum atomic E-state index is -0.321. The lowest BCUT2D eigenvalue weighted by Gasteiger charge is -2.13. The number of carbonyl (C=O) groups excluding carboxylic acids is 1. The Morgan fingerprint density at radius 3 is 2.56 bits per heavy atom. The van der Waals surface area contributed by atoms with E-state index in [4.69, 9.17) is 21.1 Å². The van der Waals surface area contributed by atoms with E-state index >= 15 is 0 Å². The highest BCUT2D eigenvalue weighted by Gasteiger charge is 2.08. The van der Waals surface area contributed by atoms with Gasteiger partial charge < -0.3 is 9.47 Å². The van der Waals surface area contributed by atoms with E-state index in [1.54, 1.807) is 43.7 Å². The number of benzene rings is 4. The molecule has 0 bridgehead atoms. The summed E-state index contributed by atoms with van der Waals surface area (Å²) in [6, 6.07) is 26.4. The van der Waals surface area contributed by atoms with Gasteiger partial charge in [0.25, 0.3) is 5.91 Å². The summed E-state index contributed by atoms with van der Waals surface area (Å²) >= 11 is 5.85. The van der Waals surface area contributed by atoms with Crippen LogP contribution in [0.15, 0.2) is 90.0 Å². The summed E-state index contributed by atoms with van der Waals surface area (Å²) in [7, 11) is 1.60. The zero-order valence-electron chi connectivity index (χ0n) is 17.4. The minimum Gasteiger partial charge on any atom is -0.493 e. The predicted molar refractivity (Wildman–Crippen MR) is 128 cm³/mol. The highest BCUT2D eigenvalue weighted by Crippen LogP contribution is 2.29. The molecule has 160 valence electrons. The third kappa shape index (κ3) is 5.07. The lowest BCUT2D eigenvalue weighted by Crippen LogP contribution is -2.17. The van der Waals surface area contributed by atoms with E-state index in [1.807, 2.05) is 36.4 Å². The van der Waals surface area contributed by atoms with Crippen LogP contribution in [0.1, 0.15) is 21.5 Å². The first kappa shape index (κ1) is 21.4. The van der Waals surface area contributed by atoms with Crippen molar-refractivity contribution in [3.63, 3.8) is 0 Å². The molecular weight excluding hydrogens is 424 g/mol. The first-order valence-electron chi connectivity index (χ1n) is 10.0. The molecule has 0 fully saturated rings. The molecular formula is C26H21ClN2O3. The standard InChI is InChI=1S/C26H21ClN2O3/c1-31-24-14-9-18(16-28-29-26(30)20-10-12-22(27)13-11-20)15-25(24)32-17-21-7-4-6-19-5-2-3-8-23(19)21/h2-16H,17H2,1H3,(H,29,30)/b28-16-. The maximum absolute atomic E-state index is 12.2. The molecule has 32 heavy (non-hydrogen) atoms. The van der Waals surface area contributed by atoms with Crippen LogP contribution in [-0.4, -0.2) is 19.2 Å². The topological polar surface area (TPSA) is 59.9 Å². The molecule has 0 unspecified atom stereocenters. The Hall–Kier alpha value is -3.83. The normalized spacial score (nSPS) is 10.9. The number of methoxy groups -OCH3 is 1. The molecule has 4 aromatic carbocycles. The fourth-order valence-electron chi connectivity index (χ4n) is 3.29. The van der Waals surface area contributed by atoms with Crippen LogP contribution in [0.5, 0.6) is 11.5 Å². The molecule has 6 heteroatoms. The van der Waals surface area contributed by atoms with Gasteiger partial charge in [0.2, 0.25) is 0 Å². The summed E-state index contributed by atoms with van der Waals surface area (Å²) in [6.07, 6.45) is 1.55. The van der Waals surface area contributed by atoms with Crippen molar-refractivity contribution in [2.75, 3.05) is 7.11 Å². The van der Waals surface area contributed by atoms with Crippen LogP contribution in [0.3, 0.4) is 0 Å². The molecule has 0 spiro atoms. The average molecular weight is 445 g/mol. The molecule has 4 aromatic rings. The Bertz CT molecular complexity index is 1260. The van der Waals surface area contributed by atoms with Crippen LogP contribution in [0.4, 0.5) is 0 Å². The van der Waals surface area contributed by atoms with Gasteiger partial charge in [-0.1, -0.05) is 54.1 Å². The van der Waals surface area contributed by atoms with Crippen molar-refractivity contribution in [1.29, 1.82) is 0 Å². The Balaban J connectivity index is 1.46. The summed E-state index contributed by atoms with van der Waals surface area (Å²) < 4.78 is 11.5. The van der Waals surface area contributed by atoms with E-state index in [1.165, 1.54) is 0 Å². The van der Waals surface area contributed by atoms with Gasteiger partial charge in [-0.3, -0.25) is 4.79 Å². The van der Waals surface area contributed by atoms with Gasteiger partial charge >= 0.3 is 0 Å². The highest BCUT2D eigenvalue weighted by atomic mass is 35.5. The summed E-state index contributed by atoms with van der Waals surface area (Å²) in [4.78, 5) is 12.2. The molecule has 1 amide bonds. The maximum atomic E-state index is 12.2. The fourth-order valence-corrected chi connectivity index (χ4v) is 3.42. The average Bonchev–Trinajstić information content (AvgIpc) is 2.83. The number of nitrogens with one attached hydrogen (secondary N) is 1. The quantitative estimate of drug-likeness (QED) is 0.287. The van der Waals surface area contributed by atoms with Crippen molar-refractivity contribution < 1.29 is 14.3 Å². The predicted octanol–water partition coefficient (Wildman–Crippen LogP) is 5.84. The second-order valence-corrected chi connectivity index (χ2v) is 7.48. The van der Waals surface area contributed by atoms with Crippen LogP contribution >= 0.6 is 11.6 Å². The molecule has 0 aliphatic carbocycles. The van der Waals surface area contributed by atoms with Crippen molar-refractivity contribution >= 4 is 34.5 Å². The van der Waals surface area contributed by atoms with Crippen LogP contribution in [0, 0.1) is 0 Å². The van der Waals surface area contributed by atoms with Crippen molar-refractivity contribution in [3.8, 4) is 11.5 Å². The number of hydrazone groups is 1. The smallest absolute Gasteiger partial charge is 0.271 e. The molecule has 4 rings (SSSR count). The number of ether oxygens (including phenoxy) is 2. The number of amides is 1. The minimum absolute atomic E-state index is 0.321. The zero-order chi connectivity index (χ0) is 22.3. The van der Waals surface area contributed by atoms with E-state index < -0.39 is 0 Å². The Kier molecular flexibility index (Phi) is 6.68. The number of rotatable bonds is 7. The third-order valence-electron chi connectivity index (χ3n) is 4.94. The van der Waals surface area contributed by atoms with Gasteiger partial charge in [-0.25, -0.2) is 5.43 Å². The molecule has 0 atom stereocenters. The highest BCUT2D eigenvalue weighted by molar-refractivity contribution is 6.30. The number of fused-ring (bicyclic) bond motifs is 1. The summed E-state index contributed by atoms with van der Waals surface area (Å²) in [6.45, 7) is 0.394. The van der Waals surface area contributed by atoms with Gasteiger partial charge in [0.15, 0.2) is 11.5 Å². The van der Waals surface area contributed by atoms with Gasteiger partial charge in [-0.05, 0) is 64.4 Å². The number of hydrogen-bond acceptors (Lipinski definition) is 4. The molecule has 5 nitrogen and oxygen atoms in total. The third-order valence-corrected chi connectivity index (χ3v) is 5.19. The number of carbonyl (C=O) groups is 1. The van der Waals surface area contributed by atoms with E-state index in [2.05, 4.69) is 28.7 Å². The Labute approximate surface area is 191 Å². The van der Waals surface area contributed by atoms with Gasteiger partial charge in [0, 0.05) is 10.6 Å². The van der Waals surface area contributed by atoms with Crippen LogP contribution in [-0.2, 0) is 6.61 Å². The second-order valence-electron chi connectivity index (χ2n) is 7.04. The summed E-state index contributed by atoms with van der Waals surface area (Å²) in [5.41, 5.74) is 4.82. The SMILES string of the molecule is COc1ccc(/C=N\NC(=O)c2ccc(Cl)cc2)cc1OCc1cccc2ccccc12. The summed E-state index contributed by atoms with van der Waals surface area (Å²) in [5, 5.41) is 6.93. The van der Waals surface area contributed by atoms with E-state index in [0.717, 1.165) is 21.9 Å². The molecule has 0 heterocycles. The zero-order valence-corrected chi connectivity index (χ0v) is 18.2. The molecule has 0 aliphatic heterocycles. The fraction of sp³-hybridized carbons (Fsp3) is 0.0769. The molecule has 0 radical (unpaired) electrons. The van der Waals surface area contributed by atoms with Gasteiger partial charge in [0.1, 0.15) is 6.61 Å². The van der Waals surface area contributed by atoms with Crippen molar-refractivity contribution in [2.45, 2.75) is 6.61 Å². The van der Waals surface area contributed by atoms with E-state index in [-0.39, 0.29) is 5.91 Å². The largest absolute Gasteiger partial charge is 0.493 e. The monoisotopic (exact) mass is 444 g/mol. The maximum Gasteiger partial charge on any atom is 0.271 e. The molecule has 0 aromatic heterocycles. The molecule has 1 N–H and O–H groups in total. The van der Waals surface area contributed by atoms with Crippen molar-refractivity contribution in [3.05, 3.63) is 107 Å². The Morgan fingerprint density at radius 1 is 0.969 bits per heavy atom.